The Morgan fingerprint density at radius 1 is 1.30 bits per heavy atom. The van der Waals surface area contributed by atoms with Gasteiger partial charge in [0.05, 0.1) is 6.04 Å². The number of likely N-dealkylation sites (tertiary alicyclic amines) is 1. The monoisotopic (exact) mass is 348 g/mol. The molecule has 4 nitrogen and oxygen atoms in total. The number of nitrogens with zero attached hydrogens (tertiary/aromatic N) is 1. The summed E-state index contributed by atoms with van der Waals surface area (Å²) in [4.78, 5) is 25.8. The summed E-state index contributed by atoms with van der Waals surface area (Å²) in [6.45, 7) is 0. The number of carbonyl (C=O) groups excluding carboxylic acids is 2. The molecule has 6 heteroatoms. The predicted molar refractivity (Wildman–Crippen MR) is 91.5 cm³/mol. The van der Waals surface area contributed by atoms with Gasteiger partial charge in [-0.05, 0) is 46.5 Å². The molecule has 2 atom stereocenters. The first-order valence-corrected chi connectivity index (χ1v) is 8.72. The van der Waals surface area contributed by atoms with Crippen molar-refractivity contribution >= 4 is 34.8 Å². The van der Waals surface area contributed by atoms with Gasteiger partial charge >= 0.3 is 0 Å². The van der Waals surface area contributed by atoms with Gasteiger partial charge in [0.15, 0.2) is 0 Å². The van der Waals surface area contributed by atoms with Gasteiger partial charge in [0, 0.05) is 18.5 Å². The van der Waals surface area contributed by atoms with Crippen molar-refractivity contribution in [3.8, 4) is 0 Å². The van der Waals surface area contributed by atoms with Crippen LogP contribution in [0.2, 0.25) is 5.02 Å². The minimum absolute atomic E-state index is 0.0173. The minimum Gasteiger partial charge on any atom is -0.343 e. The lowest BCUT2D eigenvalue weighted by molar-refractivity contribution is -0.134. The molecule has 1 aliphatic heterocycles. The number of amides is 2. The Balaban J connectivity index is 1.83. The average molecular weight is 349 g/mol. The Hall–Kier alpha value is -1.85. The molecule has 0 bridgehead atoms. The second kappa shape index (κ2) is 6.72. The molecule has 1 N–H and O–H groups in total. The van der Waals surface area contributed by atoms with Crippen molar-refractivity contribution in [1.82, 2.24) is 10.2 Å². The van der Waals surface area contributed by atoms with Crippen molar-refractivity contribution in [2.24, 2.45) is 0 Å². The van der Waals surface area contributed by atoms with E-state index in [0.717, 1.165) is 11.1 Å². The summed E-state index contributed by atoms with van der Waals surface area (Å²) in [7, 11) is 1.68. The van der Waals surface area contributed by atoms with E-state index in [2.05, 4.69) is 5.32 Å². The summed E-state index contributed by atoms with van der Waals surface area (Å²) in [5, 5.41) is 7.74. The number of rotatable bonds is 4. The smallest absolute Gasteiger partial charge is 0.243 e. The summed E-state index contributed by atoms with van der Waals surface area (Å²) < 4.78 is 0. The quantitative estimate of drug-likeness (QED) is 0.922. The highest BCUT2D eigenvalue weighted by atomic mass is 35.5. The number of hydrogen-bond acceptors (Lipinski definition) is 3. The van der Waals surface area contributed by atoms with Crippen molar-refractivity contribution < 1.29 is 9.59 Å². The van der Waals surface area contributed by atoms with Crippen LogP contribution in [0, 0.1) is 0 Å². The normalized spacial score (nSPS) is 19.0. The van der Waals surface area contributed by atoms with Gasteiger partial charge in [-0.25, -0.2) is 0 Å². The number of halogens is 1. The lowest BCUT2D eigenvalue weighted by Crippen LogP contribution is -2.44. The van der Waals surface area contributed by atoms with Crippen molar-refractivity contribution in [3.05, 3.63) is 57.2 Å². The van der Waals surface area contributed by atoms with Crippen LogP contribution in [-0.2, 0) is 9.59 Å². The summed E-state index contributed by atoms with van der Waals surface area (Å²) in [5.74, 6) is -0.103. The highest BCUT2D eigenvalue weighted by Crippen LogP contribution is 2.26. The van der Waals surface area contributed by atoms with E-state index in [0.29, 0.717) is 17.9 Å². The Labute approximate surface area is 144 Å². The topological polar surface area (TPSA) is 49.4 Å². The van der Waals surface area contributed by atoms with Crippen molar-refractivity contribution in [1.29, 1.82) is 0 Å². The molecular weight excluding hydrogens is 332 g/mol. The predicted octanol–water partition coefficient (Wildman–Crippen LogP) is 3.23. The van der Waals surface area contributed by atoms with Crippen LogP contribution in [0.25, 0.3) is 0 Å². The lowest BCUT2D eigenvalue weighted by atomic mass is 10.0. The molecule has 0 spiro atoms. The maximum Gasteiger partial charge on any atom is 0.243 e. The molecule has 23 heavy (non-hydrogen) atoms. The third kappa shape index (κ3) is 3.41. The zero-order valence-corrected chi connectivity index (χ0v) is 14.2. The van der Waals surface area contributed by atoms with Gasteiger partial charge in [0.25, 0.3) is 0 Å². The molecule has 1 aliphatic rings. The molecule has 1 aromatic carbocycles. The van der Waals surface area contributed by atoms with Gasteiger partial charge in [0.2, 0.25) is 11.8 Å². The number of thiophene rings is 1. The van der Waals surface area contributed by atoms with Crippen molar-refractivity contribution in [2.75, 3.05) is 7.05 Å². The molecule has 1 aromatic heterocycles. The molecule has 2 aromatic rings. The van der Waals surface area contributed by atoms with E-state index in [1.807, 2.05) is 41.1 Å². The standard InChI is InChI=1S/C17H17ClN2O2S/c1-20-14(6-7-15(20)21)17(22)19-16(12-8-9-23-10-12)11-2-4-13(18)5-3-11/h2-5,8-10,14,16H,6-7H2,1H3,(H,19,22)/t14-,16-/m0/s1. The number of carbonyl (C=O) groups is 2. The Morgan fingerprint density at radius 2 is 2.04 bits per heavy atom. The molecule has 2 amide bonds. The summed E-state index contributed by atoms with van der Waals surface area (Å²) in [6.07, 6.45) is 0.997. The first kappa shape index (κ1) is 16.0. The highest BCUT2D eigenvalue weighted by molar-refractivity contribution is 7.08. The van der Waals surface area contributed by atoms with Crippen LogP contribution in [-0.4, -0.2) is 29.8 Å². The number of likely N-dealkylation sites (N-methyl/N-ethyl adjacent to an activating group) is 1. The molecule has 0 unspecified atom stereocenters. The third-order valence-electron chi connectivity index (χ3n) is 4.16. The second-order valence-corrected chi connectivity index (χ2v) is 6.83. The fourth-order valence-electron chi connectivity index (χ4n) is 2.80. The molecule has 1 saturated heterocycles. The van der Waals surface area contributed by atoms with Crippen LogP contribution < -0.4 is 5.32 Å². The van der Waals surface area contributed by atoms with E-state index >= 15 is 0 Å². The van der Waals surface area contributed by atoms with Crippen LogP contribution >= 0.6 is 22.9 Å². The van der Waals surface area contributed by atoms with Gasteiger partial charge in [0.1, 0.15) is 6.04 Å². The molecule has 1 fully saturated rings. The highest BCUT2D eigenvalue weighted by Gasteiger charge is 2.34. The van der Waals surface area contributed by atoms with E-state index < -0.39 is 6.04 Å². The van der Waals surface area contributed by atoms with Crippen LogP contribution in [0.3, 0.4) is 0 Å². The van der Waals surface area contributed by atoms with Gasteiger partial charge in [-0.1, -0.05) is 23.7 Å². The molecule has 0 aliphatic carbocycles. The molecule has 3 rings (SSSR count). The zero-order chi connectivity index (χ0) is 16.4. The van der Waals surface area contributed by atoms with Crippen molar-refractivity contribution in [2.45, 2.75) is 24.9 Å². The van der Waals surface area contributed by atoms with Crippen LogP contribution in [0.4, 0.5) is 0 Å². The summed E-state index contributed by atoms with van der Waals surface area (Å²) >= 11 is 7.54. The fraction of sp³-hybridized carbons (Fsp3) is 0.294. The molecule has 2 heterocycles. The van der Waals surface area contributed by atoms with E-state index in [-0.39, 0.29) is 17.9 Å². The summed E-state index contributed by atoms with van der Waals surface area (Å²) in [5.41, 5.74) is 1.99. The zero-order valence-electron chi connectivity index (χ0n) is 12.7. The molecule has 0 saturated carbocycles. The maximum absolute atomic E-state index is 12.6. The average Bonchev–Trinajstić information content (AvgIpc) is 3.17. The first-order chi connectivity index (χ1) is 11.1. The molecule has 0 radical (unpaired) electrons. The molecule has 120 valence electrons. The Kier molecular flexibility index (Phi) is 4.68. The largest absolute Gasteiger partial charge is 0.343 e. The minimum atomic E-state index is -0.393. The van der Waals surface area contributed by atoms with E-state index in [1.54, 1.807) is 18.4 Å². The molecular formula is C17H17ClN2O2S. The first-order valence-electron chi connectivity index (χ1n) is 7.40. The van der Waals surface area contributed by atoms with Gasteiger partial charge in [-0.2, -0.15) is 11.3 Å². The van der Waals surface area contributed by atoms with Crippen molar-refractivity contribution in [3.63, 3.8) is 0 Å². The van der Waals surface area contributed by atoms with Crippen LogP contribution in [0.1, 0.15) is 30.0 Å². The number of hydrogen-bond donors (Lipinski definition) is 1. The third-order valence-corrected chi connectivity index (χ3v) is 5.12. The lowest BCUT2D eigenvalue weighted by Gasteiger charge is -2.24. The van der Waals surface area contributed by atoms with Crippen LogP contribution in [0.15, 0.2) is 41.1 Å². The maximum atomic E-state index is 12.6. The Bertz CT molecular complexity index is 700. The number of nitrogens with one attached hydrogen (secondary N) is 1. The summed E-state index contributed by atoms with van der Waals surface area (Å²) in [6, 6.07) is 8.81. The number of benzene rings is 1. The van der Waals surface area contributed by atoms with Crippen LogP contribution in [0.5, 0.6) is 0 Å². The van der Waals surface area contributed by atoms with Gasteiger partial charge in [-0.15, -0.1) is 0 Å². The Morgan fingerprint density at radius 3 is 2.61 bits per heavy atom. The SMILES string of the molecule is CN1C(=O)CC[C@H]1C(=O)N[C@@H](c1ccc(Cl)cc1)c1ccsc1. The van der Waals surface area contributed by atoms with E-state index in [9.17, 15) is 9.59 Å². The van der Waals surface area contributed by atoms with Gasteiger partial charge in [-0.3, -0.25) is 9.59 Å². The van der Waals surface area contributed by atoms with E-state index in [1.165, 1.54) is 4.90 Å². The van der Waals surface area contributed by atoms with Gasteiger partial charge < -0.3 is 10.2 Å². The van der Waals surface area contributed by atoms with E-state index in [4.69, 9.17) is 11.6 Å². The fourth-order valence-corrected chi connectivity index (χ4v) is 3.62. The second-order valence-electron chi connectivity index (χ2n) is 5.61.